The number of amides is 1. The van der Waals surface area contributed by atoms with E-state index in [-0.39, 0.29) is 5.91 Å². The lowest BCUT2D eigenvalue weighted by molar-refractivity contribution is -0.115. The van der Waals surface area contributed by atoms with Crippen molar-refractivity contribution in [1.29, 1.82) is 0 Å². The fourth-order valence-electron chi connectivity index (χ4n) is 2.39. The van der Waals surface area contributed by atoms with Crippen LogP contribution in [0.1, 0.15) is 13.8 Å². The molecule has 0 radical (unpaired) electrons. The lowest BCUT2D eigenvalue weighted by Crippen LogP contribution is -2.22. The Bertz CT molecular complexity index is 912. The SMILES string of the molecule is CCOc1ccc(NC(=O)[C@H](C)Sc2nnnn2-c2ccc(OC)cc2)cc1. The first-order valence-electron chi connectivity index (χ1n) is 8.74. The number of tetrazole rings is 1. The number of hydrogen-bond acceptors (Lipinski definition) is 7. The largest absolute Gasteiger partial charge is 0.497 e. The van der Waals surface area contributed by atoms with E-state index in [1.54, 1.807) is 11.8 Å². The van der Waals surface area contributed by atoms with Crippen LogP contribution < -0.4 is 14.8 Å². The van der Waals surface area contributed by atoms with Gasteiger partial charge < -0.3 is 14.8 Å². The van der Waals surface area contributed by atoms with Crippen LogP contribution >= 0.6 is 11.8 Å². The summed E-state index contributed by atoms with van der Waals surface area (Å²) in [6.07, 6.45) is 0. The van der Waals surface area contributed by atoms with Crippen molar-refractivity contribution in [2.45, 2.75) is 24.3 Å². The van der Waals surface area contributed by atoms with Crippen LogP contribution in [0.2, 0.25) is 0 Å². The summed E-state index contributed by atoms with van der Waals surface area (Å²) >= 11 is 1.28. The van der Waals surface area contributed by atoms with E-state index in [4.69, 9.17) is 9.47 Å². The third kappa shape index (κ3) is 4.80. The predicted octanol–water partition coefficient (Wildman–Crippen LogP) is 3.19. The smallest absolute Gasteiger partial charge is 0.237 e. The molecule has 0 saturated carbocycles. The molecule has 1 aromatic heterocycles. The molecule has 0 fully saturated rings. The van der Waals surface area contributed by atoms with Crippen molar-refractivity contribution < 1.29 is 14.3 Å². The molecule has 1 N–H and O–H groups in total. The average Bonchev–Trinajstić information content (AvgIpc) is 3.17. The molecule has 1 amide bonds. The normalized spacial score (nSPS) is 11.7. The number of rotatable bonds is 8. The van der Waals surface area contributed by atoms with E-state index in [0.717, 1.165) is 17.2 Å². The van der Waals surface area contributed by atoms with Gasteiger partial charge in [0.1, 0.15) is 11.5 Å². The van der Waals surface area contributed by atoms with Gasteiger partial charge in [0.25, 0.3) is 0 Å². The van der Waals surface area contributed by atoms with Crippen LogP contribution in [0, 0.1) is 0 Å². The maximum atomic E-state index is 12.5. The summed E-state index contributed by atoms with van der Waals surface area (Å²) in [5, 5.41) is 14.8. The summed E-state index contributed by atoms with van der Waals surface area (Å²) in [6, 6.07) is 14.6. The van der Waals surface area contributed by atoms with Gasteiger partial charge in [-0.1, -0.05) is 11.8 Å². The Morgan fingerprint density at radius 3 is 2.46 bits per heavy atom. The summed E-state index contributed by atoms with van der Waals surface area (Å²) in [6.45, 7) is 4.33. The first-order chi connectivity index (χ1) is 13.6. The van der Waals surface area contributed by atoms with E-state index in [2.05, 4.69) is 20.8 Å². The van der Waals surface area contributed by atoms with Gasteiger partial charge in [-0.05, 0) is 72.8 Å². The molecule has 0 unspecified atom stereocenters. The highest BCUT2D eigenvalue weighted by Crippen LogP contribution is 2.25. The maximum absolute atomic E-state index is 12.5. The van der Waals surface area contributed by atoms with Gasteiger partial charge in [-0.3, -0.25) is 4.79 Å². The molecule has 3 rings (SSSR count). The minimum absolute atomic E-state index is 0.140. The number of nitrogens with one attached hydrogen (secondary N) is 1. The minimum Gasteiger partial charge on any atom is -0.497 e. The molecule has 3 aromatic rings. The zero-order valence-electron chi connectivity index (χ0n) is 15.8. The molecule has 0 spiro atoms. The third-order valence-electron chi connectivity index (χ3n) is 3.84. The number of anilines is 1. The van der Waals surface area contributed by atoms with E-state index in [9.17, 15) is 4.79 Å². The van der Waals surface area contributed by atoms with Gasteiger partial charge in [-0.15, -0.1) is 5.10 Å². The number of thioether (sulfide) groups is 1. The monoisotopic (exact) mass is 399 g/mol. The topological polar surface area (TPSA) is 91.2 Å². The van der Waals surface area contributed by atoms with E-state index in [1.807, 2.05) is 62.4 Å². The Hall–Kier alpha value is -3.07. The fourth-order valence-corrected chi connectivity index (χ4v) is 3.20. The molecule has 0 aliphatic heterocycles. The Morgan fingerprint density at radius 2 is 1.82 bits per heavy atom. The van der Waals surface area contributed by atoms with Gasteiger partial charge in [-0.25, -0.2) is 0 Å². The van der Waals surface area contributed by atoms with Crippen LogP contribution in [0.3, 0.4) is 0 Å². The molecule has 0 bridgehead atoms. The quantitative estimate of drug-likeness (QED) is 0.582. The summed E-state index contributed by atoms with van der Waals surface area (Å²) in [5.41, 5.74) is 1.49. The number of carbonyl (C=O) groups excluding carboxylic acids is 1. The zero-order chi connectivity index (χ0) is 19.9. The Balaban J connectivity index is 1.65. The van der Waals surface area contributed by atoms with Crippen LogP contribution in [0.4, 0.5) is 5.69 Å². The van der Waals surface area contributed by atoms with Crippen molar-refractivity contribution in [2.24, 2.45) is 0 Å². The third-order valence-corrected chi connectivity index (χ3v) is 4.88. The van der Waals surface area contributed by atoms with Crippen LogP contribution in [-0.2, 0) is 4.79 Å². The van der Waals surface area contributed by atoms with E-state index in [1.165, 1.54) is 11.8 Å². The highest BCUT2D eigenvalue weighted by Gasteiger charge is 2.19. The van der Waals surface area contributed by atoms with Crippen molar-refractivity contribution in [1.82, 2.24) is 20.2 Å². The highest BCUT2D eigenvalue weighted by atomic mass is 32.2. The van der Waals surface area contributed by atoms with Crippen molar-refractivity contribution in [2.75, 3.05) is 19.0 Å². The molecule has 146 valence electrons. The summed E-state index contributed by atoms with van der Waals surface area (Å²) < 4.78 is 12.2. The first-order valence-corrected chi connectivity index (χ1v) is 9.62. The van der Waals surface area contributed by atoms with Crippen LogP contribution in [-0.4, -0.2) is 45.1 Å². The van der Waals surface area contributed by atoms with Gasteiger partial charge in [-0.2, -0.15) is 4.68 Å². The molecule has 1 atom stereocenters. The Labute approximate surface area is 167 Å². The molecule has 28 heavy (non-hydrogen) atoms. The molecule has 0 saturated heterocycles. The lowest BCUT2D eigenvalue weighted by atomic mass is 10.3. The average molecular weight is 399 g/mol. The minimum atomic E-state index is -0.394. The number of methoxy groups -OCH3 is 1. The van der Waals surface area contributed by atoms with Crippen molar-refractivity contribution in [3.63, 3.8) is 0 Å². The molecule has 9 heteroatoms. The highest BCUT2D eigenvalue weighted by molar-refractivity contribution is 8.00. The second kappa shape index (κ2) is 9.23. The predicted molar refractivity (Wildman–Crippen MR) is 107 cm³/mol. The van der Waals surface area contributed by atoms with Crippen LogP contribution in [0.25, 0.3) is 5.69 Å². The van der Waals surface area contributed by atoms with Crippen molar-refractivity contribution in [3.05, 3.63) is 48.5 Å². The summed E-state index contributed by atoms with van der Waals surface area (Å²) in [5.74, 6) is 1.37. The number of ether oxygens (including phenoxy) is 2. The zero-order valence-corrected chi connectivity index (χ0v) is 16.6. The number of aromatic nitrogens is 4. The van der Waals surface area contributed by atoms with Gasteiger partial charge in [0.15, 0.2) is 0 Å². The molecule has 1 heterocycles. The number of nitrogens with zero attached hydrogens (tertiary/aromatic N) is 4. The van der Waals surface area contributed by atoms with Crippen molar-refractivity contribution in [3.8, 4) is 17.2 Å². The molecule has 0 aliphatic carbocycles. The second-order valence-electron chi connectivity index (χ2n) is 5.78. The van der Waals surface area contributed by atoms with Crippen LogP contribution in [0.5, 0.6) is 11.5 Å². The molecule has 2 aromatic carbocycles. The van der Waals surface area contributed by atoms with Crippen molar-refractivity contribution >= 4 is 23.4 Å². The van der Waals surface area contributed by atoms with E-state index >= 15 is 0 Å². The number of hydrogen-bond donors (Lipinski definition) is 1. The van der Waals surface area contributed by atoms with Gasteiger partial charge in [0, 0.05) is 5.69 Å². The maximum Gasteiger partial charge on any atom is 0.237 e. The molecular formula is C19H21N5O3S. The van der Waals surface area contributed by atoms with E-state index < -0.39 is 5.25 Å². The van der Waals surface area contributed by atoms with Gasteiger partial charge in [0.2, 0.25) is 11.1 Å². The standard InChI is InChI=1S/C19H21N5O3S/c1-4-27-17-9-5-14(6-10-17)20-18(25)13(2)28-19-21-22-23-24(19)15-7-11-16(26-3)12-8-15/h5-13H,4H2,1-3H3,(H,20,25)/t13-/m0/s1. The molecule has 0 aliphatic rings. The van der Waals surface area contributed by atoms with Crippen LogP contribution in [0.15, 0.2) is 53.7 Å². The second-order valence-corrected chi connectivity index (χ2v) is 7.09. The summed E-state index contributed by atoms with van der Waals surface area (Å²) in [4.78, 5) is 12.5. The fraction of sp³-hybridized carbons (Fsp3) is 0.263. The van der Waals surface area contributed by atoms with Gasteiger partial charge >= 0.3 is 0 Å². The molecular weight excluding hydrogens is 378 g/mol. The Morgan fingerprint density at radius 1 is 1.14 bits per heavy atom. The first kappa shape index (κ1) is 19.7. The number of carbonyl (C=O) groups is 1. The van der Waals surface area contributed by atoms with Gasteiger partial charge in [0.05, 0.1) is 24.7 Å². The Kier molecular flexibility index (Phi) is 6.49. The molecule has 8 nitrogen and oxygen atoms in total. The number of benzene rings is 2. The summed E-state index contributed by atoms with van der Waals surface area (Å²) in [7, 11) is 1.61. The lowest BCUT2D eigenvalue weighted by Gasteiger charge is -2.12. The van der Waals surface area contributed by atoms with E-state index in [0.29, 0.717) is 17.5 Å².